The third-order valence-electron chi connectivity index (χ3n) is 2.90. The largest absolute Gasteiger partial charge is 0.350 e. The molecule has 0 fully saturated rings. The van der Waals surface area contributed by atoms with E-state index in [1.54, 1.807) is 18.2 Å². The minimum atomic E-state index is -0.586. The number of hydrogen-bond donors (Lipinski definition) is 3. The number of hydrazine groups is 1. The highest BCUT2D eigenvalue weighted by molar-refractivity contribution is 6.35. The first-order valence-electron chi connectivity index (χ1n) is 6.08. The first-order chi connectivity index (χ1) is 10.1. The Bertz CT molecular complexity index is 800. The summed E-state index contributed by atoms with van der Waals surface area (Å²) in [6.45, 7) is 0. The minimum absolute atomic E-state index is 0.362. The average molecular weight is 305 g/mol. The summed E-state index contributed by atoms with van der Waals surface area (Å²) >= 11 is 6.05. The number of nitrogens with one attached hydrogen (secondary N) is 3. The van der Waals surface area contributed by atoms with Crippen molar-refractivity contribution in [3.63, 3.8) is 0 Å². The molecule has 0 radical (unpaired) electrons. The number of rotatable bonds is 3. The van der Waals surface area contributed by atoms with Crippen molar-refractivity contribution in [2.45, 2.75) is 0 Å². The monoisotopic (exact) mass is 304 g/mol. The number of hydrogen-bond acceptors (Lipinski definition) is 3. The molecule has 2 heterocycles. The lowest BCUT2D eigenvalue weighted by Crippen LogP contribution is -2.29. The van der Waals surface area contributed by atoms with Crippen LogP contribution in [0.15, 0.2) is 42.6 Å². The fourth-order valence-corrected chi connectivity index (χ4v) is 2.12. The number of aromatic amines is 1. The van der Waals surface area contributed by atoms with Crippen LogP contribution < -0.4 is 10.9 Å². The van der Waals surface area contributed by atoms with Gasteiger partial charge in [0.1, 0.15) is 5.69 Å². The zero-order valence-electron chi connectivity index (χ0n) is 10.7. The smallest absolute Gasteiger partial charge is 0.286 e. The first-order valence-corrected chi connectivity index (χ1v) is 6.46. The first kappa shape index (κ1) is 13.4. The van der Waals surface area contributed by atoms with Crippen molar-refractivity contribution in [2.24, 2.45) is 0 Å². The number of H-pyrrole nitrogens is 1. The second-order valence-corrected chi connectivity index (χ2v) is 4.74. The van der Waals surface area contributed by atoms with E-state index in [1.807, 2.05) is 6.07 Å². The number of anilines is 1. The molecule has 1 aromatic carbocycles. The van der Waals surface area contributed by atoms with E-state index >= 15 is 0 Å². The number of aromatic nitrogens is 2. The molecule has 3 aromatic rings. The summed E-state index contributed by atoms with van der Waals surface area (Å²) in [5.41, 5.74) is 6.74. The summed E-state index contributed by atoms with van der Waals surface area (Å²) in [5, 5.41) is 1.34. The Hall–Kier alpha value is -2.60. The highest BCUT2D eigenvalue weighted by Crippen LogP contribution is 2.23. The molecule has 2 aromatic heterocycles. The molecule has 3 N–H and O–H groups in total. The van der Waals surface area contributed by atoms with Gasteiger partial charge in [0.25, 0.3) is 5.91 Å². The highest BCUT2D eigenvalue weighted by Gasteiger charge is 2.10. The number of fused-ring (bicyclic) bond motifs is 1. The second-order valence-electron chi connectivity index (χ2n) is 4.33. The molecule has 0 aliphatic rings. The maximum atomic E-state index is 12.7. The molecule has 0 aliphatic carbocycles. The molecule has 0 saturated heterocycles. The van der Waals surface area contributed by atoms with Gasteiger partial charge in [-0.1, -0.05) is 17.7 Å². The van der Waals surface area contributed by atoms with Crippen LogP contribution in [0.4, 0.5) is 10.1 Å². The lowest BCUT2D eigenvalue weighted by molar-refractivity contribution is 0.0958. The molecule has 0 saturated carbocycles. The van der Waals surface area contributed by atoms with Crippen molar-refractivity contribution in [3.8, 4) is 0 Å². The van der Waals surface area contributed by atoms with E-state index in [9.17, 15) is 9.18 Å². The van der Waals surface area contributed by atoms with Crippen molar-refractivity contribution in [1.29, 1.82) is 0 Å². The number of carbonyl (C=O) groups excluding carboxylic acids is 1. The van der Waals surface area contributed by atoms with Gasteiger partial charge in [0.15, 0.2) is 0 Å². The van der Waals surface area contributed by atoms with Crippen LogP contribution >= 0.6 is 11.6 Å². The molecule has 0 bridgehead atoms. The van der Waals surface area contributed by atoms with Crippen LogP contribution in [-0.4, -0.2) is 15.9 Å². The van der Waals surface area contributed by atoms with Gasteiger partial charge in [0.05, 0.1) is 11.9 Å². The van der Waals surface area contributed by atoms with E-state index in [0.717, 1.165) is 10.9 Å². The molecule has 0 atom stereocenters. The van der Waals surface area contributed by atoms with E-state index in [-0.39, 0.29) is 5.91 Å². The fourth-order valence-electron chi connectivity index (χ4n) is 1.89. The van der Waals surface area contributed by atoms with Crippen LogP contribution in [0.1, 0.15) is 10.5 Å². The van der Waals surface area contributed by atoms with Gasteiger partial charge in [0, 0.05) is 15.9 Å². The van der Waals surface area contributed by atoms with Crippen molar-refractivity contribution in [1.82, 2.24) is 15.4 Å². The maximum Gasteiger partial charge on any atom is 0.286 e. The molecule has 21 heavy (non-hydrogen) atoms. The summed E-state index contributed by atoms with van der Waals surface area (Å²) < 4.78 is 12.7. The van der Waals surface area contributed by atoms with Gasteiger partial charge in [-0.15, -0.1) is 0 Å². The highest BCUT2D eigenvalue weighted by atomic mass is 35.5. The summed E-state index contributed by atoms with van der Waals surface area (Å²) in [7, 11) is 0. The minimum Gasteiger partial charge on any atom is -0.350 e. The molecule has 0 aliphatic heterocycles. The van der Waals surface area contributed by atoms with Gasteiger partial charge in [-0.05, 0) is 30.3 Å². The number of halogens is 2. The number of pyridine rings is 1. The second kappa shape index (κ2) is 5.41. The van der Waals surface area contributed by atoms with E-state index in [0.29, 0.717) is 16.4 Å². The van der Waals surface area contributed by atoms with E-state index < -0.39 is 5.95 Å². The van der Waals surface area contributed by atoms with Gasteiger partial charge in [-0.25, -0.2) is 4.98 Å². The summed E-state index contributed by atoms with van der Waals surface area (Å²) in [6.07, 6.45) is 1.28. The fraction of sp³-hybridized carbons (Fsp3) is 0. The van der Waals surface area contributed by atoms with Crippen LogP contribution in [0.25, 0.3) is 10.9 Å². The third kappa shape index (κ3) is 2.80. The van der Waals surface area contributed by atoms with Crippen LogP contribution in [0.2, 0.25) is 5.02 Å². The zero-order valence-corrected chi connectivity index (χ0v) is 11.4. The summed E-state index contributed by atoms with van der Waals surface area (Å²) in [5.74, 6) is -0.955. The maximum absolute atomic E-state index is 12.7. The molecule has 3 rings (SSSR count). The third-order valence-corrected chi connectivity index (χ3v) is 3.23. The Labute approximate surface area is 124 Å². The quantitative estimate of drug-likeness (QED) is 0.514. The molecular formula is C14H10ClFN4O. The van der Waals surface area contributed by atoms with Crippen molar-refractivity contribution >= 4 is 34.1 Å². The SMILES string of the molecule is O=C(NNc1ccc(F)nc1)c1cc2c(Cl)cccc2[nH]1. The van der Waals surface area contributed by atoms with Crippen molar-refractivity contribution < 1.29 is 9.18 Å². The lowest BCUT2D eigenvalue weighted by atomic mass is 10.2. The van der Waals surface area contributed by atoms with Gasteiger partial charge in [-0.2, -0.15) is 4.39 Å². The molecule has 5 nitrogen and oxygen atoms in total. The van der Waals surface area contributed by atoms with Crippen molar-refractivity contribution in [2.75, 3.05) is 5.43 Å². The van der Waals surface area contributed by atoms with Gasteiger partial charge in [0.2, 0.25) is 5.95 Å². The van der Waals surface area contributed by atoms with E-state index in [4.69, 9.17) is 11.6 Å². The van der Waals surface area contributed by atoms with Gasteiger partial charge in [-0.3, -0.25) is 15.6 Å². The summed E-state index contributed by atoms with van der Waals surface area (Å²) in [6, 6.07) is 9.70. The average Bonchev–Trinajstić information content (AvgIpc) is 2.92. The van der Waals surface area contributed by atoms with E-state index in [1.165, 1.54) is 18.3 Å². The Morgan fingerprint density at radius 3 is 2.86 bits per heavy atom. The predicted molar refractivity (Wildman–Crippen MR) is 78.6 cm³/mol. The standard InChI is InChI=1S/C14H10ClFN4O/c15-10-2-1-3-11-9(10)6-12(18-11)14(21)20-19-8-4-5-13(16)17-7-8/h1-7,18-19H,(H,20,21). The van der Waals surface area contributed by atoms with Crippen LogP contribution in [0, 0.1) is 5.95 Å². The lowest BCUT2D eigenvalue weighted by Gasteiger charge is -2.06. The molecule has 1 amide bonds. The van der Waals surface area contributed by atoms with Crippen LogP contribution in [0.3, 0.4) is 0 Å². The number of carbonyl (C=O) groups is 1. The molecular weight excluding hydrogens is 295 g/mol. The molecule has 0 unspecified atom stereocenters. The Morgan fingerprint density at radius 2 is 2.14 bits per heavy atom. The normalized spacial score (nSPS) is 10.6. The van der Waals surface area contributed by atoms with Crippen molar-refractivity contribution in [3.05, 3.63) is 59.3 Å². The molecule has 7 heteroatoms. The van der Waals surface area contributed by atoms with Crippen LogP contribution in [-0.2, 0) is 0 Å². The number of nitrogens with zero attached hydrogens (tertiary/aromatic N) is 1. The van der Waals surface area contributed by atoms with E-state index in [2.05, 4.69) is 20.8 Å². The summed E-state index contributed by atoms with van der Waals surface area (Å²) in [4.78, 5) is 18.5. The number of amides is 1. The van der Waals surface area contributed by atoms with Gasteiger partial charge >= 0.3 is 0 Å². The Morgan fingerprint density at radius 1 is 1.29 bits per heavy atom. The number of benzene rings is 1. The van der Waals surface area contributed by atoms with Gasteiger partial charge < -0.3 is 4.98 Å². The predicted octanol–water partition coefficient (Wildman–Crippen LogP) is 3.11. The molecule has 106 valence electrons. The topological polar surface area (TPSA) is 69.8 Å². The van der Waals surface area contributed by atoms with Crippen LogP contribution in [0.5, 0.6) is 0 Å². The Kier molecular flexibility index (Phi) is 3.45. The zero-order chi connectivity index (χ0) is 14.8. The Balaban J connectivity index is 1.75. The molecule has 0 spiro atoms.